The lowest BCUT2D eigenvalue weighted by Crippen LogP contribution is -2.45. The fourth-order valence-electron chi connectivity index (χ4n) is 2.25. The molecule has 0 unspecified atom stereocenters. The molecule has 0 aliphatic heterocycles. The molecule has 2 rings (SSSR count). The van der Waals surface area contributed by atoms with Crippen molar-refractivity contribution in [2.75, 3.05) is 5.75 Å². The Balaban J connectivity index is 2.08. The van der Waals surface area contributed by atoms with Gasteiger partial charge in [0, 0.05) is 23.2 Å². The van der Waals surface area contributed by atoms with Crippen molar-refractivity contribution in [3.8, 4) is 0 Å². The highest BCUT2D eigenvalue weighted by Gasteiger charge is 2.39. The summed E-state index contributed by atoms with van der Waals surface area (Å²) in [5.41, 5.74) is 2.42. The Bertz CT molecular complexity index is 703. The van der Waals surface area contributed by atoms with Gasteiger partial charge >= 0.3 is 12.1 Å². The van der Waals surface area contributed by atoms with Crippen molar-refractivity contribution in [1.29, 1.82) is 0 Å². The predicted octanol–water partition coefficient (Wildman–Crippen LogP) is 3.48. The van der Waals surface area contributed by atoms with E-state index in [9.17, 15) is 18.0 Å². The summed E-state index contributed by atoms with van der Waals surface area (Å²) in [6.45, 7) is 3.65. The first-order valence-corrected chi connectivity index (χ1v) is 8.59. The van der Waals surface area contributed by atoms with E-state index in [0.29, 0.717) is 11.6 Å². The van der Waals surface area contributed by atoms with E-state index in [1.165, 1.54) is 11.8 Å². The molecule has 25 heavy (non-hydrogen) atoms. The zero-order chi connectivity index (χ0) is 18.4. The molecule has 0 aliphatic rings. The topological polar surface area (TPSA) is 54.9 Å². The van der Waals surface area contributed by atoms with Crippen LogP contribution in [0, 0.1) is 13.8 Å². The lowest BCUT2D eigenvalue weighted by Gasteiger charge is -2.19. The van der Waals surface area contributed by atoms with Crippen molar-refractivity contribution in [2.24, 2.45) is 0 Å². The highest BCUT2D eigenvalue weighted by molar-refractivity contribution is 7.99. The van der Waals surface area contributed by atoms with E-state index in [4.69, 9.17) is 0 Å². The Labute approximate surface area is 148 Å². The van der Waals surface area contributed by atoms with Gasteiger partial charge in [0.1, 0.15) is 0 Å². The van der Waals surface area contributed by atoms with E-state index < -0.39 is 18.1 Å². The van der Waals surface area contributed by atoms with Crippen LogP contribution in [-0.4, -0.2) is 33.8 Å². The lowest BCUT2D eigenvalue weighted by atomic mass is 10.1. The minimum atomic E-state index is -4.91. The smallest absolute Gasteiger partial charge is 0.344 e. The molecule has 1 aromatic heterocycles. The van der Waals surface area contributed by atoms with Gasteiger partial charge in [0.2, 0.25) is 0 Å². The summed E-state index contributed by atoms with van der Waals surface area (Å²) < 4.78 is 37.7. The zero-order valence-electron chi connectivity index (χ0n) is 13.8. The number of hydrogen-bond donors (Lipinski definition) is 1. The Morgan fingerprint density at radius 3 is 2.32 bits per heavy atom. The number of amides is 1. The normalized spacial score (nSPS) is 12.7. The molecule has 0 saturated carbocycles. The molecule has 0 radical (unpaired) electrons. The van der Waals surface area contributed by atoms with Gasteiger partial charge in [-0.2, -0.15) is 13.2 Å². The first kappa shape index (κ1) is 19.2. The van der Waals surface area contributed by atoms with Gasteiger partial charge in [-0.1, -0.05) is 42.1 Å². The molecule has 4 nitrogen and oxygen atoms in total. The van der Waals surface area contributed by atoms with Crippen LogP contribution in [0.4, 0.5) is 13.2 Å². The molecule has 0 fully saturated rings. The number of thioether (sulfide) groups is 1. The van der Waals surface area contributed by atoms with Crippen molar-refractivity contribution >= 4 is 17.7 Å². The molecule has 1 aromatic carbocycles. The fraction of sp³-hybridized carbons (Fsp3) is 0.353. The molecule has 0 saturated heterocycles. The Hall–Kier alpha value is -2.09. The van der Waals surface area contributed by atoms with Gasteiger partial charge in [-0.25, -0.2) is 9.97 Å². The summed E-state index contributed by atoms with van der Waals surface area (Å²) >= 11 is 1.22. The largest absolute Gasteiger partial charge is 0.471 e. The maximum absolute atomic E-state index is 12.6. The van der Waals surface area contributed by atoms with Gasteiger partial charge in [0.05, 0.1) is 0 Å². The third-order valence-corrected chi connectivity index (χ3v) is 4.30. The average Bonchev–Trinajstić information content (AvgIpc) is 2.51. The number of rotatable bonds is 6. The van der Waals surface area contributed by atoms with Crippen LogP contribution in [0.15, 0.2) is 41.6 Å². The third-order valence-electron chi connectivity index (χ3n) is 3.29. The van der Waals surface area contributed by atoms with Crippen LogP contribution in [0.5, 0.6) is 0 Å². The van der Waals surface area contributed by atoms with Crippen LogP contribution in [0.1, 0.15) is 17.0 Å². The van der Waals surface area contributed by atoms with Crippen molar-refractivity contribution in [1.82, 2.24) is 15.3 Å². The zero-order valence-corrected chi connectivity index (χ0v) is 14.6. The molecule has 0 aliphatic carbocycles. The van der Waals surface area contributed by atoms with E-state index in [2.05, 4.69) is 15.3 Å². The number of aryl methyl sites for hydroxylation is 2. The number of alkyl halides is 3. The summed E-state index contributed by atoms with van der Waals surface area (Å²) in [5.74, 6) is -1.70. The van der Waals surface area contributed by atoms with Crippen molar-refractivity contribution in [3.63, 3.8) is 0 Å². The molecule has 1 N–H and O–H groups in total. The Morgan fingerprint density at radius 2 is 1.76 bits per heavy atom. The number of benzene rings is 1. The Kier molecular flexibility index (Phi) is 6.41. The molecule has 8 heteroatoms. The molecule has 1 heterocycles. The molecule has 1 amide bonds. The lowest BCUT2D eigenvalue weighted by molar-refractivity contribution is -0.174. The molecular formula is C17H18F3N3OS. The molecule has 0 bridgehead atoms. The number of nitrogens with zero attached hydrogens (tertiary/aromatic N) is 2. The van der Waals surface area contributed by atoms with Gasteiger partial charge in [-0.15, -0.1) is 0 Å². The number of halogens is 3. The van der Waals surface area contributed by atoms with Crippen LogP contribution >= 0.6 is 11.8 Å². The first-order valence-electron chi connectivity index (χ1n) is 7.61. The van der Waals surface area contributed by atoms with Crippen LogP contribution in [0.25, 0.3) is 0 Å². The Morgan fingerprint density at radius 1 is 1.16 bits per heavy atom. The van der Waals surface area contributed by atoms with E-state index >= 15 is 0 Å². The maximum atomic E-state index is 12.6. The van der Waals surface area contributed by atoms with E-state index in [-0.39, 0.29) is 5.75 Å². The SMILES string of the molecule is Cc1cc(C)nc(SC[C@H](Cc2ccccc2)NC(=O)C(F)(F)F)n1. The predicted molar refractivity (Wildman–Crippen MR) is 90.4 cm³/mol. The van der Waals surface area contributed by atoms with E-state index in [1.54, 1.807) is 12.1 Å². The minimum absolute atomic E-state index is 0.236. The molecule has 2 aromatic rings. The summed E-state index contributed by atoms with van der Waals surface area (Å²) in [5, 5.41) is 2.55. The second-order valence-electron chi connectivity index (χ2n) is 5.60. The molecule has 0 spiro atoms. The number of hydrogen-bond acceptors (Lipinski definition) is 4. The maximum Gasteiger partial charge on any atom is 0.471 e. The van der Waals surface area contributed by atoms with Gasteiger partial charge < -0.3 is 5.32 Å². The van der Waals surface area contributed by atoms with Crippen molar-refractivity contribution < 1.29 is 18.0 Å². The van der Waals surface area contributed by atoms with Crippen LogP contribution < -0.4 is 5.32 Å². The monoisotopic (exact) mass is 369 g/mol. The van der Waals surface area contributed by atoms with Crippen LogP contribution in [0.2, 0.25) is 0 Å². The fourth-order valence-corrected chi connectivity index (χ4v) is 3.22. The van der Waals surface area contributed by atoms with Gasteiger partial charge in [-0.3, -0.25) is 4.79 Å². The van der Waals surface area contributed by atoms with Crippen molar-refractivity contribution in [3.05, 3.63) is 53.3 Å². The molecular weight excluding hydrogens is 351 g/mol. The summed E-state index contributed by atoms with van der Waals surface area (Å²) in [7, 11) is 0. The molecule has 134 valence electrons. The minimum Gasteiger partial charge on any atom is -0.344 e. The summed E-state index contributed by atoms with van der Waals surface area (Å²) in [6.07, 6.45) is -4.61. The number of nitrogens with one attached hydrogen (secondary N) is 1. The van der Waals surface area contributed by atoms with Gasteiger partial charge in [0.15, 0.2) is 5.16 Å². The van der Waals surface area contributed by atoms with Crippen molar-refractivity contribution in [2.45, 2.75) is 37.6 Å². The number of carbonyl (C=O) groups is 1. The highest BCUT2D eigenvalue weighted by Crippen LogP contribution is 2.19. The average molecular weight is 369 g/mol. The van der Waals surface area contributed by atoms with Gasteiger partial charge in [0.25, 0.3) is 0 Å². The van der Waals surface area contributed by atoms with Gasteiger partial charge in [-0.05, 0) is 31.9 Å². The van der Waals surface area contributed by atoms with Crippen LogP contribution in [-0.2, 0) is 11.2 Å². The van der Waals surface area contributed by atoms with E-state index in [1.807, 2.05) is 38.1 Å². The van der Waals surface area contributed by atoms with E-state index in [0.717, 1.165) is 17.0 Å². The number of aromatic nitrogens is 2. The third kappa shape index (κ3) is 6.38. The molecule has 1 atom stereocenters. The number of carbonyl (C=O) groups excluding carboxylic acids is 1. The standard InChI is InChI=1S/C17H18F3N3OS/c1-11-8-12(2)22-16(21-11)25-10-14(23-15(24)17(18,19)20)9-13-6-4-3-5-7-13/h3-8,14H,9-10H2,1-2H3,(H,23,24)/t14-/m0/s1. The second kappa shape index (κ2) is 8.33. The van der Waals surface area contributed by atoms with Crippen LogP contribution in [0.3, 0.4) is 0 Å². The second-order valence-corrected chi connectivity index (χ2v) is 6.59. The highest BCUT2D eigenvalue weighted by atomic mass is 32.2. The summed E-state index contributed by atoms with van der Waals surface area (Å²) in [6, 6.07) is 10.2. The quantitative estimate of drug-likeness (QED) is 0.626. The summed E-state index contributed by atoms with van der Waals surface area (Å²) in [4.78, 5) is 19.8. The first-order chi connectivity index (χ1) is 11.7.